The van der Waals surface area contributed by atoms with E-state index < -0.39 is 0 Å². The van der Waals surface area contributed by atoms with Crippen LogP contribution < -0.4 is 10.6 Å². The molecule has 82 valence electrons. The molecule has 3 nitrogen and oxygen atoms in total. The van der Waals surface area contributed by atoms with Gasteiger partial charge in [-0.3, -0.25) is 4.79 Å². The highest BCUT2D eigenvalue weighted by molar-refractivity contribution is 5.82. The molecule has 0 aliphatic carbocycles. The van der Waals surface area contributed by atoms with Gasteiger partial charge in [-0.2, -0.15) is 0 Å². The Balaban J connectivity index is 2.42. The molecule has 0 saturated carbocycles. The molecule has 1 aliphatic rings. The minimum absolute atomic E-state index is 0.0247. The molecular formula is C11H22N2O. The van der Waals surface area contributed by atoms with Crippen LogP contribution in [-0.2, 0) is 4.79 Å². The molecule has 0 aromatic carbocycles. The molecule has 1 aliphatic heterocycles. The molecule has 2 N–H and O–H groups in total. The van der Waals surface area contributed by atoms with Gasteiger partial charge in [0.25, 0.3) is 0 Å². The van der Waals surface area contributed by atoms with Crippen molar-refractivity contribution in [2.45, 2.75) is 58.0 Å². The Morgan fingerprint density at radius 1 is 1.29 bits per heavy atom. The predicted molar refractivity (Wildman–Crippen MR) is 58.2 cm³/mol. The molecule has 1 fully saturated rings. The highest BCUT2D eigenvalue weighted by Crippen LogP contribution is 2.09. The molecule has 14 heavy (non-hydrogen) atoms. The zero-order valence-corrected chi connectivity index (χ0v) is 9.52. The van der Waals surface area contributed by atoms with Gasteiger partial charge < -0.3 is 10.6 Å². The van der Waals surface area contributed by atoms with Crippen molar-refractivity contribution >= 4 is 5.91 Å². The number of hydrogen-bond acceptors (Lipinski definition) is 2. The van der Waals surface area contributed by atoms with Gasteiger partial charge in [0.15, 0.2) is 0 Å². The average molecular weight is 198 g/mol. The van der Waals surface area contributed by atoms with Crippen molar-refractivity contribution in [2.75, 3.05) is 6.54 Å². The van der Waals surface area contributed by atoms with Crippen LogP contribution >= 0.6 is 0 Å². The first-order valence-corrected chi connectivity index (χ1v) is 5.54. The molecule has 0 aromatic rings. The maximum absolute atomic E-state index is 11.8. The molecule has 1 rings (SSSR count). The van der Waals surface area contributed by atoms with Crippen LogP contribution in [0.2, 0.25) is 0 Å². The Kier molecular flexibility index (Phi) is 3.93. The topological polar surface area (TPSA) is 41.1 Å². The van der Waals surface area contributed by atoms with E-state index in [0.29, 0.717) is 0 Å². The summed E-state index contributed by atoms with van der Waals surface area (Å²) in [4.78, 5) is 11.8. The van der Waals surface area contributed by atoms with Crippen molar-refractivity contribution in [3.8, 4) is 0 Å². The fourth-order valence-electron chi connectivity index (χ4n) is 1.71. The molecule has 3 heteroatoms. The van der Waals surface area contributed by atoms with Crippen LogP contribution in [0.1, 0.15) is 46.5 Å². The van der Waals surface area contributed by atoms with E-state index in [1.54, 1.807) is 0 Å². The van der Waals surface area contributed by atoms with Crippen LogP contribution in [0, 0.1) is 0 Å². The highest BCUT2D eigenvalue weighted by atomic mass is 16.2. The van der Waals surface area contributed by atoms with Gasteiger partial charge in [0, 0.05) is 5.54 Å². The largest absolute Gasteiger partial charge is 0.350 e. The molecule has 1 saturated heterocycles. The van der Waals surface area contributed by atoms with Gasteiger partial charge in [0.2, 0.25) is 5.91 Å². The Hall–Kier alpha value is -0.570. The van der Waals surface area contributed by atoms with E-state index in [0.717, 1.165) is 19.4 Å². The summed E-state index contributed by atoms with van der Waals surface area (Å²) >= 11 is 0. The quantitative estimate of drug-likeness (QED) is 0.669. The van der Waals surface area contributed by atoms with E-state index >= 15 is 0 Å². The van der Waals surface area contributed by atoms with Crippen molar-refractivity contribution in [1.82, 2.24) is 10.6 Å². The van der Waals surface area contributed by atoms with Gasteiger partial charge >= 0.3 is 0 Å². The van der Waals surface area contributed by atoms with E-state index in [1.165, 1.54) is 12.8 Å². The number of carbonyl (C=O) groups excluding carboxylic acids is 1. The van der Waals surface area contributed by atoms with Crippen molar-refractivity contribution in [3.63, 3.8) is 0 Å². The zero-order valence-electron chi connectivity index (χ0n) is 9.52. The average Bonchev–Trinajstić information content (AvgIpc) is 2.27. The van der Waals surface area contributed by atoms with Crippen LogP contribution in [0.3, 0.4) is 0 Å². The summed E-state index contributed by atoms with van der Waals surface area (Å²) < 4.78 is 0. The molecule has 0 aromatic heterocycles. The number of nitrogens with one attached hydrogen (secondary N) is 2. The molecule has 1 unspecified atom stereocenters. The van der Waals surface area contributed by atoms with E-state index in [9.17, 15) is 4.79 Å². The van der Waals surface area contributed by atoms with Gasteiger partial charge in [-0.15, -0.1) is 0 Å². The summed E-state index contributed by atoms with van der Waals surface area (Å²) in [6, 6.07) is 0.0247. The van der Waals surface area contributed by atoms with E-state index in [2.05, 4.69) is 10.6 Å². The van der Waals surface area contributed by atoms with Gasteiger partial charge in [0.05, 0.1) is 6.04 Å². The summed E-state index contributed by atoms with van der Waals surface area (Å²) in [6.07, 6.45) is 4.57. The van der Waals surface area contributed by atoms with E-state index in [4.69, 9.17) is 0 Å². The minimum Gasteiger partial charge on any atom is -0.350 e. The lowest BCUT2D eigenvalue weighted by Crippen LogP contribution is -2.50. The summed E-state index contributed by atoms with van der Waals surface area (Å²) in [5.41, 5.74) is -0.120. The van der Waals surface area contributed by atoms with Crippen LogP contribution in [-0.4, -0.2) is 24.0 Å². The lowest BCUT2D eigenvalue weighted by Gasteiger charge is -2.24. The lowest BCUT2D eigenvalue weighted by atomic mass is 10.1. The van der Waals surface area contributed by atoms with Crippen molar-refractivity contribution in [2.24, 2.45) is 0 Å². The first-order valence-electron chi connectivity index (χ1n) is 5.54. The van der Waals surface area contributed by atoms with Crippen LogP contribution in [0.5, 0.6) is 0 Å². The third-order valence-electron chi connectivity index (χ3n) is 2.38. The van der Waals surface area contributed by atoms with Gasteiger partial charge in [-0.1, -0.05) is 12.8 Å². The second kappa shape index (κ2) is 4.78. The number of hydrogen-bond donors (Lipinski definition) is 2. The summed E-state index contributed by atoms with van der Waals surface area (Å²) in [6.45, 7) is 7.02. The van der Waals surface area contributed by atoms with E-state index in [1.807, 2.05) is 20.8 Å². The molecule has 1 amide bonds. The van der Waals surface area contributed by atoms with Gasteiger partial charge in [0.1, 0.15) is 0 Å². The standard InChI is InChI=1S/C11H22N2O/c1-11(2,3)13-10(14)9-7-5-4-6-8-12-9/h9,12H,4-8H2,1-3H3,(H,13,14). The molecule has 1 atom stereocenters. The predicted octanol–water partition coefficient (Wildman–Crippen LogP) is 1.43. The second-order valence-corrected chi connectivity index (χ2v) is 5.10. The number of rotatable bonds is 1. The van der Waals surface area contributed by atoms with E-state index in [-0.39, 0.29) is 17.5 Å². The molecular weight excluding hydrogens is 176 g/mol. The zero-order chi connectivity index (χ0) is 10.6. The first-order chi connectivity index (χ1) is 6.49. The summed E-state index contributed by atoms with van der Waals surface area (Å²) in [5, 5.41) is 6.31. The Morgan fingerprint density at radius 3 is 2.64 bits per heavy atom. The minimum atomic E-state index is -0.120. The normalized spacial score (nSPS) is 24.1. The number of amides is 1. The van der Waals surface area contributed by atoms with Crippen molar-refractivity contribution in [3.05, 3.63) is 0 Å². The summed E-state index contributed by atoms with van der Waals surface area (Å²) in [7, 11) is 0. The van der Waals surface area contributed by atoms with Crippen molar-refractivity contribution in [1.29, 1.82) is 0 Å². The maximum Gasteiger partial charge on any atom is 0.237 e. The lowest BCUT2D eigenvalue weighted by molar-refractivity contribution is -0.124. The second-order valence-electron chi connectivity index (χ2n) is 5.10. The molecule has 0 radical (unpaired) electrons. The van der Waals surface area contributed by atoms with Crippen molar-refractivity contribution < 1.29 is 4.79 Å². The third kappa shape index (κ3) is 4.09. The SMILES string of the molecule is CC(C)(C)NC(=O)C1CCCCCN1. The Labute approximate surface area is 86.6 Å². The third-order valence-corrected chi connectivity index (χ3v) is 2.38. The van der Waals surface area contributed by atoms with Crippen LogP contribution in [0.15, 0.2) is 0 Å². The fourth-order valence-corrected chi connectivity index (χ4v) is 1.71. The fraction of sp³-hybridized carbons (Fsp3) is 0.909. The van der Waals surface area contributed by atoms with Gasteiger partial charge in [-0.05, 0) is 40.2 Å². The molecule has 0 spiro atoms. The molecule has 0 bridgehead atoms. The smallest absolute Gasteiger partial charge is 0.237 e. The number of carbonyl (C=O) groups is 1. The molecule has 1 heterocycles. The monoisotopic (exact) mass is 198 g/mol. The maximum atomic E-state index is 11.8. The van der Waals surface area contributed by atoms with Crippen LogP contribution in [0.4, 0.5) is 0 Å². The summed E-state index contributed by atoms with van der Waals surface area (Å²) in [5.74, 6) is 0.152. The Morgan fingerprint density at radius 2 is 2.00 bits per heavy atom. The highest BCUT2D eigenvalue weighted by Gasteiger charge is 2.22. The first kappa shape index (κ1) is 11.5. The Bertz CT molecular complexity index is 188. The van der Waals surface area contributed by atoms with Gasteiger partial charge in [-0.25, -0.2) is 0 Å². The van der Waals surface area contributed by atoms with Crippen LogP contribution in [0.25, 0.3) is 0 Å².